The minimum Gasteiger partial charge on any atom is -0.496 e. The number of carboxylic acids is 2. The van der Waals surface area contributed by atoms with Crippen molar-refractivity contribution in [3.63, 3.8) is 0 Å². The highest BCUT2D eigenvalue weighted by atomic mass is 16.5. The van der Waals surface area contributed by atoms with Gasteiger partial charge in [-0.15, -0.1) is 0 Å². The van der Waals surface area contributed by atoms with Crippen molar-refractivity contribution in [1.82, 2.24) is 4.98 Å². The van der Waals surface area contributed by atoms with E-state index in [1.54, 1.807) is 18.3 Å². The predicted molar refractivity (Wildman–Crippen MR) is 125 cm³/mol. The van der Waals surface area contributed by atoms with Gasteiger partial charge in [-0.05, 0) is 42.3 Å². The van der Waals surface area contributed by atoms with Gasteiger partial charge in [0.25, 0.3) is 0 Å². The normalized spacial score (nSPS) is 11.8. The number of anilines is 1. The Morgan fingerprint density at radius 1 is 1.06 bits per heavy atom. The molecule has 33 heavy (non-hydrogen) atoms. The van der Waals surface area contributed by atoms with Crippen molar-refractivity contribution in [3.8, 4) is 5.75 Å². The molecule has 0 fully saturated rings. The minimum atomic E-state index is -1.10. The molecule has 174 valence electrons. The highest BCUT2D eigenvalue weighted by Gasteiger charge is 2.25. The number of unbranched alkanes of at least 4 members (excludes halogenated alkanes) is 2. The number of hydrogen-bond donors (Lipinski definition) is 4. The number of aliphatic carboxylic acids is 1. The van der Waals surface area contributed by atoms with Crippen LogP contribution >= 0.6 is 0 Å². The molecule has 4 N–H and O–H groups in total. The molecular formula is C25H28N2O6. The van der Waals surface area contributed by atoms with Crippen LogP contribution in [0, 0.1) is 0 Å². The van der Waals surface area contributed by atoms with E-state index < -0.39 is 17.9 Å². The number of aromatic nitrogens is 1. The van der Waals surface area contributed by atoms with Crippen molar-refractivity contribution in [2.24, 2.45) is 0 Å². The van der Waals surface area contributed by atoms with Crippen LogP contribution in [0.3, 0.4) is 0 Å². The number of carbonyl (C=O) groups excluding carboxylic acids is 1. The van der Waals surface area contributed by atoms with Gasteiger partial charge in [-0.25, -0.2) is 4.79 Å². The molecule has 0 spiro atoms. The summed E-state index contributed by atoms with van der Waals surface area (Å²) in [6.07, 6.45) is 4.83. The highest BCUT2D eigenvalue weighted by Crippen LogP contribution is 2.39. The molecule has 3 rings (SSSR count). The van der Waals surface area contributed by atoms with E-state index in [0.717, 1.165) is 35.7 Å². The second-order valence-corrected chi connectivity index (χ2v) is 7.92. The molecule has 0 aliphatic carbocycles. The first kappa shape index (κ1) is 23.8. The first-order chi connectivity index (χ1) is 15.8. The number of H-pyrrole nitrogens is 1. The van der Waals surface area contributed by atoms with Gasteiger partial charge in [0.2, 0.25) is 5.91 Å². The Kier molecular flexibility index (Phi) is 7.71. The summed E-state index contributed by atoms with van der Waals surface area (Å²) in [5, 5.41) is 22.6. The molecule has 0 aliphatic heterocycles. The van der Waals surface area contributed by atoms with E-state index >= 15 is 0 Å². The number of amides is 1. The van der Waals surface area contributed by atoms with Crippen LogP contribution in [0.2, 0.25) is 0 Å². The first-order valence-electron chi connectivity index (χ1n) is 10.9. The number of ether oxygens (including phenoxy) is 1. The molecule has 1 unspecified atom stereocenters. The molecule has 8 heteroatoms. The van der Waals surface area contributed by atoms with Crippen LogP contribution in [0.5, 0.6) is 5.75 Å². The van der Waals surface area contributed by atoms with Crippen molar-refractivity contribution in [2.45, 2.75) is 44.9 Å². The van der Waals surface area contributed by atoms with Gasteiger partial charge >= 0.3 is 11.9 Å². The standard InChI is InChI=1S/C25H28N2O6/c1-3-4-5-6-23(28)27-16-8-10-21-19(12-16)20(14-26-21)18(13-24(29)30)17-9-7-15(25(31)32)11-22(17)33-2/h7-12,14,18,26H,3-6,13H2,1-2H3,(H,27,28)(H,29,30)(H,31,32). The summed E-state index contributed by atoms with van der Waals surface area (Å²) in [6.45, 7) is 2.08. The van der Waals surface area contributed by atoms with Crippen molar-refractivity contribution >= 4 is 34.4 Å². The maximum Gasteiger partial charge on any atom is 0.335 e. The van der Waals surface area contributed by atoms with Gasteiger partial charge in [0, 0.05) is 40.7 Å². The van der Waals surface area contributed by atoms with Crippen molar-refractivity contribution in [1.29, 1.82) is 0 Å². The number of fused-ring (bicyclic) bond motifs is 1. The summed E-state index contributed by atoms with van der Waals surface area (Å²) in [6, 6.07) is 9.88. The fourth-order valence-electron chi connectivity index (χ4n) is 3.96. The summed E-state index contributed by atoms with van der Waals surface area (Å²) in [5.74, 6) is -2.45. The van der Waals surface area contributed by atoms with E-state index in [1.807, 2.05) is 12.1 Å². The summed E-state index contributed by atoms with van der Waals surface area (Å²) in [5.41, 5.74) is 2.77. The SMILES string of the molecule is CCCCCC(=O)Nc1ccc2[nH]cc(C(CC(=O)O)c3ccc(C(=O)O)cc3OC)c2c1. The van der Waals surface area contributed by atoms with Gasteiger partial charge in [0.15, 0.2) is 0 Å². The van der Waals surface area contributed by atoms with E-state index in [0.29, 0.717) is 23.4 Å². The first-order valence-corrected chi connectivity index (χ1v) is 10.9. The quantitative estimate of drug-likeness (QED) is 0.303. The lowest BCUT2D eigenvalue weighted by atomic mass is 9.87. The van der Waals surface area contributed by atoms with Crippen molar-refractivity contribution in [2.75, 3.05) is 12.4 Å². The Bertz CT molecular complexity index is 1170. The Hall–Kier alpha value is -3.81. The molecule has 8 nitrogen and oxygen atoms in total. The van der Waals surface area contributed by atoms with Gasteiger partial charge in [-0.1, -0.05) is 25.8 Å². The van der Waals surface area contributed by atoms with Gasteiger partial charge in [0.1, 0.15) is 5.75 Å². The van der Waals surface area contributed by atoms with Crippen molar-refractivity contribution in [3.05, 3.63) is 59.3 Å². The third-order valence-corrected chi connectivity index (χ3v) is 5.61. The predicted octanol–water partition coefficient (Wildman–Crippen LogP) is 5.00. The third kappa shape index (κ3) is 5.71. The molecule has 0 aliphatic rings. The second kappa shape index (κ2) is 10.7. The van der Waals surface area contributed by atoms with Crippen LogP contribution in [0.1, 0.15) is 66.4 Å². The van der Waals surface area contributed by atoms with E-state index in [1.165, 1.54) is 19.2 Å². The second-order valence-electron chi connectivity index (χ2n) is 7.92. The molecule has 0 saturated carbocycles. The molecular weight excluding hydrogens is 424 g/mol. The number of carbonyl (C=O) groups is 3. The van der Waals surface area contributed by atoms with E-state index in [-0.39, 0.29) is 17.9 Å². The monoisotopic (exact) mass is 452 g/mol. The number of aromatic carboxylic acids is 1. The smallest absolute Gasteiger partial charge is 0.335 e. The van der Waals surface area contributed by atoms with Crippen LogP contribution < -0.4 is 10.1 Å². The van der Waals surface area contributed by atoms with Crippen molar-refractivity contribution < 1.29 is 29.3 Å². The maximum absolute atomic E-state index is 12.3. The molecule has 1 heterocycles. The average molecular weight is 453 g/mol. The fourth-order valence-corrected chi connectivity index (χ4v) is 3.96. The largest absolute Gasteiger partial charge is 0.496 e. The maximum atomic E-state index is 12.3. The van der Waals surface area contributed by atoms with Gasteiger partial charge < -0.3 is 25.3 Å². The zero-order chi connectivity index (χ0) is 24.0. The Morgan fingerprint density at radius 3 is 2.52 bits per heavy atom. The Morgan fingerprint density at radius 2 is 1.85 bits per heavy atom. The molecule has 0 radical (unpaired) electrons. The zero-order valence-corrected chi connectivity index (χ0v) is 18.7. The number of methoxy groups -OCH3 is 1. The Balaban J connectivity index is 2.01. The number of aromatic amines is 1. The zero-order valence-electron chi connectivity index (χ0n) is 18.7. The summed E-state index contributed by atoms with van der Waals surface area (Å²) in [7, 11) is 1.42. The topological polar surface area (TPSA) is 129 Å². The van der Waals surface area contributed by atoms with Crippen LogP contribution in [-0.4, -0.2) is 40.2 Å². The summed E-state index contributed by atoms with van der Waals surface area (Å²) >= 11 is 0. The minimum absolute atomic E-state index is 0.0525. The van der Waals surface area contributed by atoms with E-state index in [9.17, 15) is 24.6 Å². The number of carboxylic acid groups (broad SMARTS) is 2. The molecule has 1 aromatic heterocycles. The number of nitrogens with one attached hydrogen (secondary N) is 2. The fraction of sp³-hybridized carbons (Fsp3) is 0.320. The molecule has 3 aromatic rings. The lowest BCUT2D eigenvalue weighted by Crippen LogP contribution is -2.11. The lowest BCUT2D eigenvalue weighted by Gasteiger charge is -2.19. The molecule has 1 amide bonds. The number of benzene rings is 2. The van der Waals surface area contributed by atoms with Crippen LogP contribution in [-0.2, 0) is 9.59 Å². The number of rotatable bonds is 11. The van der Waals surface area contributed by atoms with Crippen LogP contribution in [0.15, 0.2) is 42.6 Å². The summed E-state index contributed by atoms with van der Waals surface area (Å²) in [4.78, 5) is 38.5. The molecule has 2 aromatic carbocycles. The van der Waals surface area contributed by atoms with Gasteiger partial charge in [0.05, 0.1) is 19.1 Å². The molecule has 1 atom stereocenters. The Labute approximate surface area is 191 Å². The lowest BCUT2D eigenvalue weighted by molar-refractivity contribution is -0.137. The van der Waals surface area contributed by atoms with Crippen LogP contribution in [0.4, 0.5) is 5.69 Å². The van der Waals surface area contributed by atoms with Crippen LogP contribution in [0.25, 0.3) is 10.9 Å². The summed E-state index contributed by atoms with van der Waals surface area (Å²) < 4.78 is 5.41. The van der Waals surface area contributed by atoms with Gasteiger partial charge in [-0.2, -0.15) is 0 Å². The molecule has 0 bridgehead atoms. The van der Waals surface area contributed by atoms with E-state index in [4.69, 9.17) is 4.74 Å². The average Bonchev–Trinajstić information content (AvgIpc) is 3.20. The molecule has 0 saturated heterocycles. The third-order valence-electron chi connectivity index (χ3n) is 5.61. The van der Waals surface area contributed by atoms with Gasteiger partial charge in [-0.3, -0.25) is 9.59 Å². The van der Waals surface area contributed by atoms with E-state index in [2.05, 4.69) is 17.2 Å². The highest BCUT2D eigenvalue weighted by molar-refractivity contribution is 5.95. The number of hydrogen-bond acceptors (Lipinski definition) is 4.